The van der Waals surface area contributed by atoms with Gasteiger partial charge in [0.15, 0.2) is 27.4 Å². The maximum atomic E-state index is 11.1. The van der Waals surface area contributed by atoms with Crippen LogP contribution >= 0.6 is 0 Å². The molecule has 0 aromatic carbocycles. The maximum absolute atomic E-state index is 11.1. The first-order valence-electron chi connectivity index (χ1n) is 13.9. The number of carbonyl (C=O) groups is 4. The molecule has 16 nitrogen and oxygen atoms in total. The van der Waals surface area contributed by atoms with Crippen molar-refractivity contribution in [3.63, 3.8) is 0 Å². The van der Waals surface area contributed by atoms with Crippen LogP contribution < -0.4 is 0 Å². The summed E-state index contributed by atoms with van der Waals surface area (Å²) in [6.45, 7) is 7.25. The van der Waals surface area contributed by atoms with E-state index in [1.165, 1.54) is 12.8 Å². The topological polar surface area (TPSA) is 179 Å². The van der Waals surface area contributed by atoms with Crippen molar-refractivity contribution >= 4 is 27.2 Å². The molecule has 0 aliphatic rings. The van der Waals surface area contributed by atoms with E-state index in [0.717, 1.165) is 0 Å². The molecule has 0 atom stereocenters. The zero-order valence-electron chi connectivity index (χ0n) is 29.3. The van der Waals surface area contributed by atoms with Crippen LogP contribution in [0.3, 0.4) is 0 Å². The van der Waals surface area contributed by atoms with E-state index in [1.807, 2.05) is 27.2 Å². The quantitative estimate of drug-likeness (QED) is 0.0352. The standard InChI is InChI=1S/2C7H13F2O4.2C5H9F2O2.4CH2O.32CH4.U/c2*8-12-6-4-10-2-1-3-11-5-7-13-9;2*6-4-8-2-1-3-9-5-7;4*1-2;;;;;;;;;;;;;;;;;;;;;;;;;;;;;;;;;/h2*1H,2-7H2;2*1H,2-5H2;4*1H2;32*1H4;/q4*-1;;;;;;;;;;;;;;;;;;;;;;;;;;;;;;;;;;;;;+4. The van der Waals surface area contributed by atoms with E-state index in [0.29, 0.717) is 26.4 Å². The molecule has 25 heteroatoms. The second kappa shape index (κ2) is 459. The second-order valence-electron chi connectivity index (χ2n) is 6.63. The van der Waals surface area contributed by atoms with Gasteiger partial charge in [-0.25, -0.2) is 17.6 Å². The van der Waals surface area contributed by atoms with Crippen LogP contribution in [0.15, 0.2) is 0 Å². The molecule has 0 unspecified atom stereocenters. The van der Waals surface area contributed by atoms with Gasteiger partial charge in [-0.3, -0.25) is 25.7 Å². The average Bonchev–Trinajstić information content (AvgIpc) is 3.20. The summed E-state index contributed by atoms with van der Waals surface area (Å²) in [4.78, 5) is 45.1. The SMILES string of the molecule is C.C.C.C.C.C.C.C.C.C.C.C.C.C.C.C.C.C.C.C.C.C.C.C.C.C.C.C.C.C.C.C.C=O.C=O.C=O.C=O.FCOC[CH-]COCF.FCOC[CH-]COCF.FOCCOC[CH-]COCCOF.FOCCOC[CH-]COCCOF.[U+4]. The summed E-state index contributed by atoms with van der Waals surface area (Å²) in [5.74, 6) is 0. The van der Waals surface area contributed by atoms with E-state index in [9.17, 15) is 35.7 Å². The predicted octanol–water partition coefficient (Wildman–Crippen LogP) is 23.8. The first-order chi connectivity index (χ1) is 25.7. The summed E-state index contributed by atoms with van der Waals surface area (Å²) in [6, 6.07) is 0. The molecule has 0 aromatic heterocycles. The van der Waals surface area contributed by atoms with Crippen LogP contribution in [0, 0.1) is 56.8 Å². The zero-order chi connectivity index (χ0) is 41.5. The summed E-state index contributed by atoms with van der Waals surface area (Å²) >= 11 is 0. The monoisotopic (exact) mass is 1550 g/mol. The molecule has 0 heterocycles. The third-order valence-corrected chi connectivity index (χ3v) is 3.41. The summed E-state index contributed by atoms with van der Waals surface area (Å²) in [7, 11) is 0. The van der Waals surface area contributed by atoms with Crippen LogP contribution in [0.5, 0.6) is 0 Å². The molecule has 0 N–H and O–H groups in total. The average molecular weight is 1550 g/mol. The van der Waals surface area contributed by atoms with Gasteiger partial charge in [0.05, 0.1) is 26.4 Å². The summed E-state index contributed by atoms with van der Waals surface area (Å²) in [5, 5.41) is 0. The molecule has 0 spiro atoms. The van der Waals surface area contributed by atoms with Gasteiger partial charge in [0.2, 0.25) is 0 Å². The minimum absolute atomic E-state index is 0. The molecule has 0 aliphatic carbocycles. The van der Waals surface area contributed by atoms with Crippen molar-refractivity contribution in [2.24, 2.45) is 0 Å². The Labute approximate surface area is 564 Å². The molecule has 0 radical (unpaired) electrons. The van der Waals surface area contributed by atoms with Gasteiger partial charge < -0.3 is 57.1 Å². The fourth-order valence-electron chi connectivity index (χ4n) is 1.73. The van der Waals surface area contributed by atoms with Gasteiger partial charge in [0, 0.05) is 0 Å². The predicted molar refractivity (Wildman–Crippen MR) is 380 cm³/mol. The Balaban J connectivity index is -0.00000000668. The third kappa shape index (κ3) is 572. The van der Waals surface area contributed by atoms with Gasteiger partial charge in [-0.1, -0.05) is 291 Å². The largest absolute Gasteiger partial charge is 4.00 e. The Morgan fingerprint density at radius 3 is 0.376 bits per heavy atom. The number of halogens is 8. The van der Waals surface area contributed by atoms with Gasteiger partial charge in [-0.05, 0) is 18.1 Å². The van der Waals surface area contributed by atoms with E-state index in [1.54, 1.807) is 12.8 Å². The Morgan fingerprint density at radius 2 is 0.294 bits per heavy atom. The molecule has 0 amide bonds. The van der Waals surface area contributed by atoms with Crippen LogP contribution in [0.25, 0.3) is 0 Å². The Bertz CT molecular complexity index is 452. The van der Waals surface area contributed by atoms with Crippen molar-refractivity contribution in [1.82, 2.24) is 0 Å². The van der Waals surface area contributed by atoms with Crippen LogP contribution in [0.4, 0.5) is 35.7 Å². The Morgan fingerprint density at radius 1 is 0.200 bits per heavy atom. The van der Waals surface area contributed by atoms with Gasteiger partial charge in [-0.2, -0.15) is 19.8 Å². The minimum atomic E-state index is -0.813. The molecule has 576 valence electrons. The number of ether oxygens (including phenoxy) is 8. The smallest absolute Gasteiger partial charge is 0.411 e. The van der Waals surface area contributed by atoms with E-state index < -0.39 is 27.4 Å². The molecule has 0 fully saturated rings. The molecular formula is C60H180F8O16U. The van der Waals surface area contributed by atoms with Crippen molar-refractivity contribution in [1.29, 1.82) is 0 Å². The van der Waals surface area contributed by atoms with E-state index in [2.05, 4.69) is 38.7 Å². The van der Waals surface area contributed by atoms with Gasteiger partial charge in [-0.15, -0.1) is 0 Å². The van der Waals surface area contributed by atoms with Crippen molar-refractivity contribution in [2.75, 3.05) is 133 Å². The minimum Gasteiger partial charge on any atom is -0.411 e. The number of rotatable bonds is 32. The fourth-order valence-corrected chi connectivity index (χ4v) is 1.73. The normalized spacial score (nSPS) is 5.55. The Kier molecular flexibility index (Phi) is 1690. The van der Waals surface area contributed by atoms with Gasteiger partial charge in [0.25, 0.3) is 0 Å². The molecule has 0 aromatic rings. The molecule has 0 rings (SSSR count). The van der Waals surface area contributed by atoms with E-state index >= 15 is 0 Å². The van der Waals surface area contributed by atoms with Crippen molar-refractivity contribution < 1.29 is 144 Å². The van der Waals surface area contributed by atoms with Gasteiger partial charge in [0.1, 0.15) is 53.6 Å². The third-order valence-electron chi connectivity index (χ3n) is 3.41. The molecule has 0 saturated carbocycles. The second-order valence-corrected chi connectivity index (χ2v) is 6.63. The van der Waals surface area contributed by atoms with Crippen LogP contribution in [0.2, 0.25) is 0 Å². The van der Waals surface area contributed by atoms with E-state index in [-0.39, 0.29) is 348 Å². The first kappa shape index (κ1) is 314. The molecule has 0 bridgehead atoms. The number of hydrogen-bond donors (Lipinski definition) is 0. The number of hydrogen-bond acceptors (Lipinski definition) is 16. The summed E-state index contributed by atoms with van der Waals surface area (Å²) in [6.07, 6.45) is 6.38. The van der Waals surface area contributed by atoms with Crippen LogP contribution in [-0.2, 0) is 76.8 Å². The van der Waals surface area contributed by atoms with Crippen molar-refractivity contribution in [2.45, 2.75) is 238 Å². The number of carbonyl (C=O) groups excluding carboxylic acids is 4. The molecular weight excluding hydrogens is 1370 g/mol. The van der Waals surface area contributed by atoms with E-state index in [4.69, 9.17) is 38.1 Å². The maximum Gasteiger partial charge on any atom is 4.00 e. The fraction of sp³-hybridized carbons (Fsp3) is 0.867. The zero-order valence-corrected chi connectivity index (χ0v) is 33.5. The molecule has 0 saturated heterocycles. The molecule has 0 aliphatic heterocycles. The van der Waals surface area contributed by atoms with Gasteiger partial charge >= 0.3 is 31.1 Å². The Hall–Kier alpha value is -1.31. The van der Waals surface area contributed by atoms with Crippen molar-refractivity contribution in [3.05, 3.63) is 25.7 Å². The summed E-state index contributed by atoms with van der Waals surface area (Å²) < 4.78 is 125. The summed E-state index contributed by atoms with van der Waals surface area (Å²) in [5.41, 5.74) is 0. The van der Waals surface area contributed by atoms with Crippen LogP contribution in [-0.4, -0.2) is 160 Å². The number of alkyl halides is 4. The molecule has 85 heavy (non-hydrogen) atoms. The van der Waals surface area contributed by atoms with Crippen molar-refractivity contribution in [3.8, 4) is 0 Å². The first-order valence-corrected chi connectivity index (χ1v) is 13.9. The van der Waals surface area contributed by atoms with Crippen LogP contribution in [0.1, 0.15) is 238 Å².